The largest absolute Gasteiger partial charge is 0.497 e. The van der Waals surface area contributed by atoms with Gasteiger partial charge in [0.2, 0.25) is 0 Å². The van der Waals surface area contributed by atoms with Crippen molar-refractivity contribution >= 4 is 17.3 Å². The lowest BCUT2D eigenvalue weighted by Crippen LogP contribution is -2.32. The van der Waals surface area contributed by atoms with Crippen LogP contribution in [0.5, 0.6) is 17.2 Å². The van der Waals surface area contributed by atoms with E-state index in [0.717, 1.165) is 5.69 Å². The number of benzene rings is 2. The van der Waals surface area contributed by atoms with Crippen molar-refractivity contribution in [3.05, 3.63) is 72.1 Å². The van der Waals surface area contributed by atoms with E-state index >= 15 is 0 Å². The Morgan fingerprint density at radius 1 is 1.00 bits per heavy atom. The molecule has 1 aliphatic rings. The van der Waals surface area contributed by atoms with Crippen molar-refractivity contribution < 1.29 is 19.0 Å². The van der Waals surface area contributed by atoms with E-state index in [0.29, 0.717) is 47.4 Å². The Morgan fingerprint density at radius 2 is 1.84 bits per heavy atom. The summed E-state index contributed by atoms with van der Waals surface area (Å²) in [7, 11) is 1.60. The van der Waals surface area contributed by atoms with Gasteiger partial charge in [-0.05, 0) is 50.2 Å². The lowest BCUT2D eigenvalue weighted by Gasteiger charge is -2.27. The van der Waals surface area contributed by atoms with Crippen molar-refractivity contribution in [1.82, 2.24) is 4.98 Å². The summed E-state index contributed by atoms with van der Waals surface area (Å²) in [4.78, 5) is 19.5. The van der Waals surface area contributed by atoms with Gasteiger partial charge in [0.15, 0.2) is 6.17 Å². The van der Waals surface area contributed by atoms with E-state index in [9.17, 15) is 4.79 Å². The van der Waals surface area contributed by atoms with Gasteiger partial charge in [-0.25, -0.2) is 0 Å². The van der Waals surface area contributed by atoms with Crippen LogP contribution in [0.3, 0.4) is 0 Å². The first-order valence-electron chi connectivity index (χ1n) is 10.2. The van der Waals surface area contributed by atoms with Gasteiger partial charge in [-0.2, -0.15) is 0 Å². The monoisotopic (exact) mass is 419 g/mol. The van der Waals surface area contributed by atoms with Gasteiger partial charge in [-0.15, -0.1) is 0 Å². The zero-order valence-electron chi connectivity index (χ0n) is 17.8. The Bertz CT molecular complexity index is 1090. The van der Waals surface area contributed by atoms with Crippen molar-refractivity contribution in [1.29, 1.82) is 0 Å². The van der Waals surface area contributed by atoms with Gasteiger partial charge in [0.25, 0.3) is 5.91 Å². The average molecular weight is 419 g/mol. The fourth-order valence-electron chi connectivity index (χ4n) is 3.65. The van der Waals surface area contributed by atoms with Crippen molar-refractivity contribution in [3.63, 3.8) is 0 Å². The van der Waals surface area contributed by atoms with Crippen LogP contribution in [0.25, 0.3) is 0 Å². The number of ether oxygens (including phenoxy) is 3. The first-order valence-corrected chi connectivity index (χ1v) is 10.2. The minimum atomic E-state index is -0.521. The average Bonchev–Trinajstić information content (AvgIpc) is 3.07. The molecule has 4 rings (SSSR count). The number of hydrogen-bond acceptors (Lipinski definition) is 6. The van der Waals surface area contributed by atoms with E-state index in [1.54, 1.807) is 30.3 Å². The number of aromatic nitrogens is 1. The molecule has 1 aliphatic heterocycles. The van der Waals surface area contributed by atoms with Gasteiger partial charge < -0.3 is 19.5 Å². The highest BCUT2D eigenvalue weighted by molar-refractivity contribution is 6.11. The maximum atomic E-state index is 13.3. The van der Waals surface area contributed by atoms with Crippen LogP contribution in [0.2, 0.25) is 0 Å². The Labute approximate surface area is 181 Å². The van der Waals surface area contributed by atoms with E-state index in [2.05, 4.69) is 10.3 Å². The predicted octanol–water partition coefficient (Wildman–Crippen LogP) is 4.66. The van der Waals surface area contributed by atoms with E-state index in [-0.39, 0.29) is 5.91 Å². The summed E-state index contributed by atoms with van der Waals surface area (Å²) >= 11 is 0. The van der Waals surface area contributed by atoms with Gasteiger partial charge in [0.05, 0.1) is 43.0 Å². The fraction of sp³-hybridized carbons (Fsp3) is 0.250. The third-order valence-electron chi connectivity index (χ3n) is 4.99. The summed E-state index contributed by atoms with van der Waals surface area (Å²) in [6.45, 7) is 4.93. The van der Waals surface area contributed by atoms with Crippen molar-refractivity contribution in [2.45, 2.75) is 20.0 Å². The summed E-state index contributed by atoms with van der Waals surface area (Å²) in [6.07, 6.45) is 1.17. The number of carbonyl (C=O) groups excluding carboxylic acids is 1. The Balaban J connectivity index is 1.78. The minimum Gasteiger partial charge on any atom is -0.497 e. The normalized spacial score (nSPS) is 14.9. The lowest BCUT2D eigenvalue weighted by atomic mass is 10.2. The third kappa shape index (κ3) is 3.99. The number of carbonyl (C=O) groups is 1. The molecule has 7 heteroatoms. The molecule has 1 N–H and O–H groups in total. The van der Waals surface area contributed by atoms with Crippen LogP contribution >= 0.6 is 0 Å². The Hall–Kier alpha value is -3.74. The van der Waals surface area contributed by atoms with Crippen LogP contribution in [0.15, 0.2) is 60.8 Å². The number of nitrogens with zero attached hydrogens (tertiary/aromatic N) is 2. The quantitative estimate of drug-likeness (QED) is 0.573. The number of anilines is 2. The molecule has 3 aromatic rings. The van der Waals surface area contributed by atoms with Crippen LogP contribution in [0.1, 0.15) is 36.1 Å². The molecular formula is C24H25N3O4. The summed E-state index contributed by atoms with van der Waals surface area (Å²) < 4.78 is 16.8. The summed E-state index contributed by atoms with van der Waals surface area (Å²) in [5.41, 5.74) is 2.64. The zero-order chi connectivity index (χ0) is 21.8. The summed E-state index contributed by atoms with van der Waals surface area (Å²) in [5, 5.41) is 3.46. The minimum absolute atomic E-state index is 0.132. The fourth-order valence-corrected chi connectivity index (χ4v) is 3.65. The zero-order valence-corrected chi connectivity index (χ0v) is 17.8. The van der Waals surface area contributed by atoms with Crippen molar-refractivity contribution in [3.8, 4) is 17.2 Å². The molecule has 0 unspecified atom stereocenters. The second kappa shape index (κ2) is 8.95. The Kier molecular flexibility index (Phi) is 5.93. The van der Waals surface area contributed by atoms with Crippen LogP contribution in [-0.4, -0.2) is 31.2 Å². The molecule has 7 nitrogen and oxygen atoms in total. The molecule has 0 saturated heterocycles. The number of rotatable bonds is 8. The second-order valence-electron chi connectivity index (χ2n) is 6.88. The number of pyridine rings is 1. The highest BCUT2D eigenvalue weighted by Crippen LogP contribution is 2.40. The van der Waals surface area contributed by atoms with Gasteiger partial charge >= 0.3 is 0 Å². The van der Waals surface area contributed by atoms with Crippen LogP contribution in [0, 0.1) is 0 Å². The SMILES string of the molecule is CCOc1ccc(OCC)c(N[C@H]2c3ncccc3C(=O)N2c2cccc(OC)c2)c1. The number of nitrogens with one attached hydrogen (secondary N) is 1. The number of fused-ring (bicyclic) bond motifs is 1. The first-order chi connectivity index (χ1) is 15.2. The summed E-state index contributed by atoms with van der Waals surface area (Å²) in [6, 6.07) is 16.6. The molecule has 0 fully saturated rings. The molecule has 2 aromatic carbocycles. The highest BCUT2D eigenvalue weighted by Gasteiger charge is 2.39. The van der Waals surface area contributed by atoms with Gasteiger partial charge in [0.1, 0.15) is 17.2 Å². The molecule has 1 amide bonds. The second-order valence-corrected chi connectivity index (χ2v) is 6.88. The molecule has 1 aromatic heterocycles. The molecule has 0 aliphatic carbocycles. The molecule has 1 atom stereocenters. The van der Waals surface area contributed by atoms with E-state index in [1.807, 2.05) is 56.3 Å². The molecule has 0 bridgehead atoms. The molecular weight excluding hydrogens is 394 g/mol. The lowest BCUT2D eigenvalue weighted by molar-refractivity contribution is 0.0993. The van der Waals surface area contributed by atoms with Crippen molar-refractivity contribution in [2.75, 3.05) is 30.5 Å². The molecule has 2 heterocycles. The highest BCUT2D eigenvalue weighted by atomic mass is 16.5. The first kappa shape index (κ1) is 20.5. The number of hydrogen-bond donors (Lipinski definition) is 1. The van der Waals surface area contributed by atoms with Crippen molar-refractivity contribution in [2.24, 2.45) is 0 Å². The summed E-state index contributed by atoms with van der Waals surface area (Å²) in [5.74, 6) is 1.93. The topological polar surface area (TPSA) is 72.9 Å². The van der Waals surface area contributed by atoms with Crippen LogP contribution in [-0.2, 0) is 0 Å². The van der Waals surface area contributed by atoms with E-state index in [1.165, 1.54) is 0 Å². The molecule has 0 saturated carbocycles. The number of amides is 1. The molecule has 0 radical (unpaired) electrons. The maximum Gasteiger partial charge on any atom is 0.262 e. The van der Waals surface area contributed by atoms with Crippen LogP contribution < -0.4 is 24.4 Å². The number of methoxy groups -OCH3 is 1. The standard InChI is InChI=1S/C24H25N3O4/c1-4-30-18-11-12-21(31-5-2)20(15-18)26-23-22-19(10-7-13-25-22)24(28)27(23)16-8-6-9-17(14-16)29-3/h6-15,23,26H,4-5H2,1-3H3/t23-/m1/s1. The molecule has 0 spiro atoms. The molecule has 160 valence electrons. The Morgan fingerprint density at radius 3 is 2.61 bits per heavy atom. The third-order valence-corrected chi connectivity index (χ3v) is 4.99. The van der Waals surface area contributed by atoms with Crippen LogP contribution in [0.4, 0.5) is 11.4 Å². The maximum absolute atomic E-state index is 13.3. The van der Waals surface area contributed by atoms with E-state index < -0.39 is 6.17 Å². The van der Waals surface area contributed by atoms with Gasteiger partial charge in [-0.3, -0.25) is 14.7 Å². The predicted molar refractivity (Wildman–Crippen MR) is 119 cm³/mol. The van der Waals surface area contributed by atoms with E-state index in [4.69, 9.17) is 14.2 Å². The van der Waals surface area contributed by atoms with Gasteiger partial charge in [-0.1, -0.05) is 6.07 Å². The smallest absolute Gasteiger partial charge is 0.262 e. The van der Waals surface area contributed by atoms with Gasteiger partial charge in [0, 0.05) is 18.3 Å². The molecule has 31 heavy (non-hydrogen) atoms.